The molecule has 78 valence electrons. The lowest BCUT2D eigenvalue weighted by Crippen LogP contribution is -2.69. The Hall–Kier alpha value is -1.35. The van der Waals surface area contributed by atoms with Crippen molar-refractivity contribution in [2.45, 2.75) is 25.0 Å². The fourth-order valence-corrected chi connectivity index (χ4v) is 2.37. The minimum atomic E-state index is 0.104. The van der Waals surface area contributed by atoms with Crippen molar-refractivity contribution in [2.75, 3.05) is 6.54 Å². The number of rotatable bonds is 2. The van der Waals surface area contributed by atoms with E-state index in [1.807, 2.05) is 23.1 Å². The van der Waals surface area contributed by atoms with Crippen molar-refractivity contribution >= 4 is 5.91 Å². The number of fused-ring (bicyclic) bond motifs is 2. The fourth-order valence-electron chi connectivity index (χ4n) is 2.37. The van der Waals surface area contributed by atoms with Crippen molar-refractivity contribution in [1.29, 1.82) is 0 Å². The van der Waals surface area contributed by atoms with E-state index in [2.05, 4.69) is 17.4 Å². The summed E-state index contributed by atoms with van der Waals surface area (Å²) in [4.78, 5) is 13.8. The standard InChI is InChI=1S/C12H14N2O/c15-12-11-6-10(13-11)8-14(12)7-9-4-2-1-3-5-9/h1-5,10-11,13H,6-8H2/t10?,11-/m0/s1. The Morgan fingerprint density at radius 2 is 2.07 bits per heavy atom. The summed E-state index contributed by atoms with van der Waals surface area (Å²) in [5.74, 6) is 0.265. The van der Waals surface area contributed by atoms with Crippen molar-refractivity contribution in [3.8, 4) is 0 Å². The molecule has 3 aliphatic heterocycles. The first-order valence-electron chi connectivity index (χ1n) is 5.42. The van der Waals surface area contributed by atoms with Gasteiger partial charge in [0, 0.05) is 19.1 Å². The van der Waals surface area contributed by atoms with Crippen LogP contribution >= 0.6 is 0 Å². The van der Waals surface area contributed by atoms with Gasteiger partial charge in [0.1, 0.15) is 0 Å². The largest absolute Gasteiger partial charge is 0.335 e. The van der Waals surface area contributed by atoms with Crippen molar-refractivity contribution in [2.24, 2.45) is 0 Å². The summed E-state index contributed by atoms with van der Waals surface area (Å²) in [5, 5.41) is 3.25. The lowest BCUT2D eigenvalue weighted by Gasteiger charge is -2.47. The molecule has 1 N–H and O–H groups in total. The molecule has 2 bridgehead atoms. The van der Waals surface area contributed by atoms with Crippen LogP contribution in [0.15, 0.2) is 30.3 Å². The quantitative estimate of drug-likeness (QED) is 0.768. The van der Waals surface area contributed by atoms with Crippen LogP contribution in [0.1, 0.15) is 12.0 Å². The lowest BCUT2D eigenvalue weighted by atomic mass is 9.90. The molecule has 2 atom stereocenters. The van der Waals surface area contributed by atoms with Gasteiger partial charge in [-0.15, -0.1) is 0 Å². The Kier molecular flexibility index (Phi) is 1.99. The summed E-state index contributed by atoms with van der Waals surface area (Å²) in [6, 6.07) is 10.8. The number of hydrogen-bond donors (Lipinski definition) is 1. The average Bonchev–Trinajstić information content (AvgIpc) is 2.20. The van der Waals surface area contributed by atoms with Gasteiger partial charge in [-0.1, -0.05) is 30.3 Å². The van der Waals surface area contributed by atoms with Crippen molar-refractivity contribution in [3.63, 3.8) is 0 Å². The number of nitrogens with one attached hydrogen (secondary N) is 1. The number of hydrogen-bond acceptors (Lipinski definition) is 2. The molecule has 1 aromatic rings. The van der Waals surface area contributed by atoms with Gasteiger partial charge in [0.2, 0.25) is 5.91 Å². The van der Waals surface area contributed by atoms with Crippen LogP contribution in [0.5, 0.6) is 0 Å². The Morgan fingerprint density at radius 1 is 1.33 bits per heavy atom. The predicted molar refractivity (Wildman–Crippen MR) is 57.2 cm³/mol. The van der Waals surface area contributed by atoms with E-state index in [0.29, 0.717) is 6.04 Å². The van der Waals surface area contributed by atoms with Gasteiger partial charge in [-0.05, 0) is 12.0 Å². The molecule has 3 aliphatic rings. The minimum Gasteiger partial charge on any atom is -0.335 e. The van der Waals surface area contributed by atoms with E-state index in [4.69, 9.17) is 0 Å². The van der Waals surface area contributed by atoms with Crippen LogP contribution in [-0.4, -0.2) is 29.4 Å². The van der Waals surface area contributed by atoms with Gasteiger partial charge < -0.3 is 10.2 Å². The highest BCUT2D eigenvalue weighted by Crippen LogP contribution is 2.23. The van der Waals surface area contributed by atoms with E-state index in [9.17, 15) is 4.79 Å². The van der Waals surface area contributed by atoms with Crippen molar-refractivity contribution < 1.29 is 4.79 Å². The number of carbonyl (C=O) groups is 1. The SMILES string of the molecule is O=C1[C@@H]2CC(CN1Cc1ccccc1)N2. The Morgan fingerprint density at radius 3 is 2.73 bits per heavy atom. The molecule has 4 rings (SSSR count). The van der Waals surface area contributed by atoms with Gasteiger partial charge >= 0.3 is 0 Å². The van der Waals surface area contributed by atoms with Crippen molar-refractivity contribution in [1.82, 2.24) is 10.2 Å². The predicted octanol–water partition coefficient (Wildman–Crippen LogP) is 0.759. The third-order valence-corrected chi connectivity index (χ3v) is 3.22. The van der Waals surface area contributed by atoms with Crippen LogP contribution in [0.3, 0.4) is 0 Å². The van der Waals surface area contributed by atoms with Crippen molar-refractivity contribution in [3.05, 3.63) is 35.9 Å². The van der Waals surface area contributed by atoms with Crippen LogP contribution in [0, 0.1) is 0 Å². The molecule has 0 aliphatic carbocycles. The van der Waals surface area contributed by atoms with E-state index in [1.54, 1.807) is 0 Å². The number of piperazine rings is 1. The molecule has 0 spiro atoms. The molecule has 3 heteroatoms. The van der Waals surface area contributed by atoms with Crippen LogP contribution in [0.25, 0.3) is 0 Å². The molecule has 0 aromatic heterocycles. The summed E-state index contributed by atoms with van der Waals surface area (Å²) in [7, 11) is 0. The third-order valence-electron chi connectivity index (χ3n) is 3.22. The van der Waals surface area contributed by atoms with Gasteiger partial charge in [0.05, 0.1) is 6.04 Å². The Bertz CT molecular complexity index is 370. The van der Waals surface area contributed by atoms with Gasteiger partial charge in [0.15, 0.2) is 0 Å². The first-order chi connectivity index (χ1) is 7.33. The molecule has 1 aromatic carbocycles. The minimum absolute atomic E-state index is 0.104. The molecule has 1 amide bonds. The highest BCUT2D eigenvalue weighted by Gasteiger charge is 2.42. The van der Waals surface area contributed by atoms with Crippen LogP contribution in [0.4, 0.5) is 0 Å². The average molecular weight is 202 g/mol. The zero-order chi connectivity index (χ0) is 10.3. The molecule has 3 fully saturated rings. The van der Waals surface area contributed by atoms with E-state index in [0.717, 1.165) is 19.5 Å². The molecular weight excluding hydrogens is 188 g/mol. The maximum absolute atomic E-state index is 11.8. The Labute approximate surface area is 89.1 Å². The first kappa shape index (κ1) is 8.92. The Balaban J connectivity index is 1.71. The summed E-state index contributed by atoms with van der Waals surface area (Å²) in [6.45, 7) is 1.62. The molecule has 3 saturated heterocycles. The highest BCUT2D eigenvalue weighted by molar-refractivity contribution is 5.84. The van der Waals surface area contributed by atoms with Crippen LogP contribution in [0.2, 0.25) is 0 Å². The molecule has 0 radical (unpaired) electrons. The van der Waals surface area contributed by atoms with E-state index in [1.165, 1.54) is 5.56 Å². The molecule has 1 unspecified atom stereocenters. The van der Waals surface area contributed by atoms with Gasteiger partial charge in [-0.2, -0.15) is 0 Å². The fraction of sp³-hybridized carbons (Fsp3) is 0.417. The second kappa shape index (κ2) is 3.35. The maximum Gasteiger partial charge on any atom is 0.240 e. The summed E-state index contributed by atoms with van der Waals surface area (Å²) in [5.41, 5.74) is 1.21. The monoisotopic (exact) mass is 202 g/mol. The van der Waals surface area contributed by atoms with Crippen LogP contribution < -0.4 is 5.32 Å². The highest BCUT2D eigenvalue weighted by atomic mass is 16.2. The number of nitrogens with zero attached hydrogens (tertiary/aromatic N) is 1. The van der Waals surface area contributed by atoms with Gasteiger partial charge in [-0.25, -0.2) is 0 Å². The smallest absolute Gasteiger partial charge is 0.240 e. The van der Waals surface area contributed by atoms with E-state index >= 15 is 0 Å². The molecule has 15 heavy (non-hydrogen) atoms. The molecule has 3 heterocycles. The molecule has 0 saturated carbocycles. The second-order valence-corrected chi connectivity index (χ2v) is 4.36. The molecular formula is C12H14N2O. The van der Waals surface area contributed by atoms with E-state index < -0.39 is 0 Å². The second-order valence-electron chi connectivity index (χ2n) is 4.36. The first-order valence-corrected chi connectivity index (χ1v) is 5.42. The number of benzene rings is 1. The summed E-state index contributed by atoms with van der Waals surface area (Å²) >= 11 is 0. The number of carbonyl (C=O) groups excluding carboxylic acids is 1. The van der Waals surface area contributed by atoms with Gasteiger partial charge in [-0.3, -0.25) is 4.79 Å². The summed E-state index contributed by atoms with van der Waals surface area (Å²) in [6.07, 6.45) is 1.03. The van der Waals surface area contributed by atoms with E-state index in [-0.39, 0.29) is 11.9 Å². The van der Waals surface area contributed by atoms with Gasteiger partial charge in [0.25, 0.3) is 0 Å². The zero-order valence-corrected chi connectivity index (χ0v) is 8.52. The third kappa shape index (κ3) is 1.53. The van der Waals surface area contributed by atoms with Crippen LogP contribution in [-0.2, 0) is 11.3 Å². The zero-order valence-electron chi connectivity index (χ0n) is 8.52. The number of amides is 1. The lowest BCUT2D eigenvalue weighted by molar-refractivity contribution is -0.143. The number of piperidine rings is 1. The topological polar surface area (TPSA) is 32.3 Å². The molecule has 3 nitrogen and oxygen atoms in total. The summed E-state index contributed by atoms with van der Waals surface area (Å²) < 4.78 is 0. The normalized spacial score (nSPS) is 28.8. The maximum atomic E-state index is 11.8.